The van der Waals surface area contributed by atoms with Crippen LogP contribution < -0.4 is 10.1 Å². The number of amides is 4. The maximum Gasteiger partial charge on any atom is 0.332 e. The summed E-state index contributed by atoms with van der Waals surface area (Å²) in [5, 5.41) is 7.25. The van der Waals surface area contributed by atoms with Crippen LogP contribution in [0.4, 0.5) is 4.79 Å². The van der Waals surface area contributed by atoms with Gasteiger partial charge in [0.1, 0.15) is 18.0 Å². The Balaban J connectivity index is 1.32. The number of piperazine rings is 1. The van der Waals surface area contributed by atoms with Crippen molar-refractivity contribution in [1.82, 2.24) is 30.1 Å². The first-order valence-electron chi connectivity index (χ1n) is 15.0. The van der Waals surface area contributed by atoms with E-state index < -0.39 is 12.2 Å². The maximum atomic E-state index is 14.2. The summed E-state index contributed by atoms with van der Waals surface area (Å²) >= 11 is 0. The lowest BCUT2D eigenvalue weighted by molar-refractivity contribution is -0.157. The van der Waals surface area contributed by atoms with Gasteiger partial charge in [-0.05, 0) is 41.0 Å². The van der Waals surface area contributed by atoms with E-state index in [9.17, 15) is 14.4 Å². The third-order valence-electron chi connectivity index (χ3n) is 8.39. The first-order valence-corrected chi connectivity index (χ1v) is 15.0. The minimum atomic E-state index is -0.749. The van der Waals surface area contributed by atoms with E-state index in [1.165, 1.54) is 5.01 Å². The number of carbonyl (C=O) groups is 3. The minimum absolute atomic E-state index is 0.0321. The second-order valence-electron chi connectivity index (χ2n) is 11.2. The van der Waals surface area contributed by atoms with Crippen molar-refractivity contribution in [3.63, 3.8) is 0 Å². The summed E-state index contributed by atoms with van der Waals surface area (Å²) in [4.78, 5) is 49.5. The predicted molar refractivity (Wildman–Crippen MR) is 171 cm³/mol. The van der Waals surface area contributed by atoms with Crippen LogP contribution in [0.1, 0.15) is 16.7 Å². The van der Waals surface area contributed by atoms with E-state index in [0.29, 0.717) is 25.3 Å². The number of methoxy groups -OCH3 is 1. The average molecular weight is 605 g/mol. The molecule has 1 N–H and O–H groups in total. The molecule has 4 amide bonds. The largest absolute Gasteiger partial charge is 0.497 e. The molecule has 45 heavy (non-hydrogen) atoms. The maximum absolute atomic E-state index is 14.2. The number of aromatic nitrogens is 1. The normalized spacial score (nSPS) is 18.2. The lowest BCUT2D eigenvalue weighted by Gasteiger charge is -2.46. The fraction of sp³-hybridized carbons (Fsp3) is 0.257. The Morgan fingerprint density at radius 1 is 1.02 bits per heavy atom. The summed E-state index contributed by atoms with van der Waals surface area (Å²) in [6.45, 7) is 4.95. The third-order valence-corrected chi connectivity index (χ3v) is 8.39. The second kappa shape index (κ2) is 13.2. The molecule has 3 aromatic carbocycles. The van der Waals surface area contributed by atoms with Gasteiger partial charge in [0.25, 0.3) is 0 Å². The van der Waals surface area contributed by atoms with Crippen LogP contribution in [0, 0.1) is 0 Å². The Morgan fingerprint density at radius 3 is 2.58 bits per heavy atom. The van der Waals surface area contributed by atoms with Crippen molar-refractivity contribution in [2.24, 2.45) is 0 Å². The standard InChI is InChI=1S/C35H36N6O4/c1-3-19-39(35(44)37-21-26-9-5-4-6-10-26)40-24-33(42)41-31(20-25-14-16-28(45-2)17-15-25)34(43)38(23-32(40)41)22-27-11-7-13-30-29(27)12-8-18-36-30/h3-18,31-32H,1,19-24H2,2H3,(H,37,44)/t31-,32+/m0/s1. The summed E-state index contributed by atoms with van der Waals surface area (Å²) < 4.78 is 5.32. The van der Waals surface area contributed by atoms with Gasteiger partial charge in [-0.2, -0.15) is 5.01 Å². The highest BCUT2D eigenvalue weighted by Crippen LogP contribution is 2.31. The summed E-state index contributed by atoms with van der Waals surface area (Å²) in [6.07, 6.45) is 3.17. The summed E-state index contributed by atoms with van der Waals surface area (Å²) in [6, 6.07) is 25.8. The molecule has 2 atom stereocenters. The molecule has 230 valence electrons. The molecule has 2 saturated heterocycles. The molecule has 10 heteroatoms. The highest BCUT2D eigenvalue weighted by atomic mass is 16.5. The molecule has 0 bridgehead atoms. The Hall–Kier alpha value is -5.22. The number of hydrazine groups is 1. The topological polar surface area (TPSA) is 98.3 Å². The number of hydrogen-bond acceptors (Lipinski definition) is 6. The van der Waals surface area contributed by atoms with Gasteiger partial charge < -0.3 is 19.9 Å². The van der Waals surface area contributed by atoms with E-state index >= 15 is 0 Å². The molecule has 0 spiro atoms. The van der Waals surface area contributed by atoms with Gasteiger partial charge in [0.05, 0.1) is 32.3 Å². The molecule has 2 aliphatic heterocycles. The van der Waals surface area contributed by atoms with Crippen LogP contribution in [0.25, 0.3) is 10.9 Å². The number of ether oxygens (including phenoxy) is 1. The Labute approximate surface area is 262 Å². The van der Waals surface area contributed by atoms with E-state index in [1.54, 1.807) is 34.2 Å². The van der Waals surface area contributed by atoms with Gasteiger partial charge in [-0.15, -0.1) is 6.58 Å². The average Bonchev–Trinajstić information content (AvgIpc) is 3.40. The lowest BCUT2D eigenvalue weighted by atomic mass is 9.99. The van der Waals surface area contributed by atoms with Gasteiger partial charge in [0.2, 0.25) is 11.8 Å². The van der Waals surface area contributed by atoms with Crippen LogP contribution in [0.15, 0.2) is 104 Å². The van der Waals surface area contributed by atoms with Gasteiger partial charge in [-0.25, -0.2) is 4.79 Å². The van der Waals surface area contributed by atoms with E-state index in [2.05, 4.69) is 16.9 Å². The zero-order valence-corrected chi connectivity index (χ0v) is 25.2. The van der Waals surface area contributed by atoms with Crippen molar-refractivity contribution in [2.75, 3.05) is 26.7 Å². The second-order valence-corrected chi connectivity index (χ2v) is 11.2. The Bertz CT molecular complexity index is 1690. The highest BCUT2D eigenvalue weighted by molar-refractivity contribution is 5.92. The Morgan fingerprint density at radius 2 is 1.82 bits per heavy atom. The summed E-state index contributed by atoms with van der Waals surface area (Å²) in [5.41, 5.74) is 3.67. The number of urea groups is 1. The molecule has 4 aromatic rings. The number of pyridine rings is 1. The molecule has 0 saturated carbocycles. The fourth-order valence-electron chi connectivity index (χ4n) is 6.18. The molecule has 0 radical (unpaired) electrons. The van der Waals surface area contributed by atoms with Crippen LogP contribution in [0.5, 0.6) is 5.75 Å². The van der Waals surface area contributed by atoms with E-state index in [0.717, 1.165) is 27.6 Å². The molecule has 2 aliphatic rings. The van der Waals surface area contributed by atoms with Gasteiger partial charge in [-0.1, -0.05) is 66.7 Å². The van der Waals surface area contributed by atoms with Crippen LogP contribution in [-0.4, -0.2) is 81.6 Å². The molecular weight excluding hydrogens is 568 g/mol. The van der Waals surface area contributed by atoms with Crippen LogP contribution >= 0.6 is 0 Å². The van der Waals surface area contributed by atoms with Crippen molar-refractivity contribution in [3.05, 3.63) is 120 Å². The van der Waals surface area contributed by atoms with Crippen LogP contribution in [0.3, 0.4) is 0 Å². The summed E-state index contributed by atoms with van der Waals surface area (Å²) in [7, 11) is 1.60. The Kier molecular flexibility index (Phi) is 8.74. The molecule has 2 fully saturated rings. The molecular formula is C35H36N6O4. The lowest BCUT2D eigenvalue weighted by Crippen LogP contribution is -2.66. The molecule has 10 nitrogen and oxygen atoms in total. The van der Waals surface area contributed by atoms with Gasteiger partial charge in [0, 0.05) is 31.1 Å². The third kappa shape index (κ3) is 6.23. The zero-order valence-electron chi connectivity index (χ0n) is 25.2. The predicted octanol–water partition coefficient (Wildman–Crippen LogP) is 3.98. The number of rotatable bonds is 10. The molecule has 0 unspecified atom stereocenters. The number of fused-ring (bicyclic) bond motifs is 2. The van der Waals surface area contributed by atoms with Crippen LogP contribution in [0.2, 0.25) is 0 Å². The van der Waals surface area contributed by atoms with E-state index in [1.807, 2.05) is 84.9 Å². The van der Waals surface area contributed by atoms with Crippen LogP contribution in [-0.2, 0) is 29.1 Å². The minimum Gasteiger partial charge on any atom is -0.497 e. The first kappa shape index (κ1) is 29.8. The van der Waals surface area contributed by atoms with Crippen molar-refractivity contribution in [3.8, 4) is 5.75 Å². The highest BCUT2D eigenvalue weighted by Gasteiger charge is 2.52. The summed E-state index contributed by atoms with van der Waals surface area (Å²) in [5.74, 6) is 0.371. The van der Waals surface area contributed by atoms with Gasteiger partial charge in [-0.3, -0.25) is 19.6 Å². The number of nitrogens with one attached hydrogen (secondary N) is 1. The quantitative estimate of drug-likeness (QED) is 0.275. The van der Waals surface area contributed by atoms with Gasteiger partial charge >= 0.3 is 6.03 Å². The molecule has 6 rings (SSSR count). The van der Waals surface area contributed by atoms with Crippen molar-refractivity contribution in [1.29, 1.82) is 0 Å². The van der Waals surface area contributed by atoms with Crippen molar-refractivity contribution in [2.45, 2.75) is 31.7 Å². The smallest absolute Gasteiger partial charge is 0.332 e. The van der Waals surface area contributed by atoms with Gasteiger partial charge in [0.15, 0.2) is 0 Å². The monoisotopic (exact) mass is 604 g/mol. The fourth-order valence-corrected chi connectivity index (χ4v) is 6.18. The van der Waals surface area contributed by atoms with Crippen molar-refractivity contribution < 1.29 is 19.1 Å². The zero-order chi connectivity index (χ0) is 31.3. The number of carbonyl (C=O) groups excluding carboxylic acids is 3. The molecule has 3 heterocycles. The SMILES string of the molecule is C=CCN(C(=O)NCc1ccccc1)N1CC(=O)N2[C@@H](Cc3ccc(OC)cc3)C(=O)N(Cc3cccc4ncccc34)C[C@@H]21. The van der Waals surface area contributed by atoms with E-state index in [4.69, 9.17) is 4.74 Å². The number of benzene rings is 3. The van der Waals surface area contributed by atoms with Crippen molar-refractivity contribution >= 4 is 28.7 Å². The van der Waals surface area contributed by atoms with E-state index in [-0.39, 0.29) is 37.5 Å². The number of nitrogens with zero attached hydrogens (tertiary/aromatic N) is 5. The number of hydrogen-bond donors (Lipinski definition) is 1. The first-order chi connectivity index (χ1) is 22.0. The molecule has 0 aliphatic carbocycles. The molecule has 1 aromatic heterocycles.